The van der Waals surface area contributed by atoms with Gasteiger partial charge in [0.05, 0.1) is 5.60 Å². The summed E-state index contributed by atoms with van der Waals surface area (Å²) in [5.41, 5.74) is -0.862. The third-order valence-corrected chi connectivity index (χ3v) is 6.73. The Hall–Kier alpha value is -2.38. The molecule has 32 heavy (non-hydrogen) atoms. The smallest absolute Gasteiger partial charge is 0.245 e. The van der Waals surface area contributed by atoms with Crippen molar-refractivity contribution in [3.63, 3.8) is 0 Å². The molecule has 8 heteroatoms. The van der Waals surface area contributed by atoms with E-state index in [-0.39, 0.29) is 24.2 Å². The quantitative estimate of drug-likeness (QED) is 0.590. The van der Waals surface area contributed by atoms with Gasteiger partial charge in [0.1, 0.15) is 11.9 Å². The first-order chi connectivity index (χ1) is 15.0. The molecule has 2 aromatic rings. The zero-order valence-electron chi connectivity index (χ0n) is 19.2. The van der Waals surface area contributed by atoms with E-state index in [0.29, 0.717) is 31.0 Å². The maximum atomic E-state index is 13.4. The highest BCUT2D eigenvalue weighted by atomic mass is 35.5. The van der Waals surface area contributed by atoms with E-state index in [1.807, 2.05) is 39.8 Å². The predicted octanol–water partition coefficient (Wildman–Crippen LogP) is 3.28. The minimum atomic E-state index is -1.08. The van der Waals surface area contributed by atoms with Crippen molar-refractivity contribution in [2.24, 2.45) is 11.3 Å². The number of amides is 2. The number of nitrogens with zero attached hydrogens (tertiary/aromatic N) is 2. The lowest BCUT2D eigenvalue weighted by Crippen LogP contribution is -2.60. The van der Waals surface area contributed by atoms with Crippen LogP contribution in [0.25, 0.3) is 0 Å². The molecule has 1 aliphatic rings. The third kappa shape index (κ3) is 5.15. The number of hydrogen-bond acceptors (Lipinski definition) is 4. The van der Waals surface area contributed by atoms with Crippen LogP contribution < -0.4 is 5.32 Å². The van der Waals surface area contributed by atoms with E-state index in [9.17, 15) is 14.7 Å². The second-order valence-electron chi connectivity index (χ2n) is 9.59. The average Bonchev–Trinajstić information content (AvgIpc) is 3.26. The molecular formula is C24H33ClN4O3. The molecule has 0 aliphatic carbocycles. The van der Waals surface area contributed by atoms with Crippen molar-refractivity contribution in [2.45, 2.75) is 58.6 Å². The third-order valence-electron chi connectivity index (χ3n) is 6.48. The van der Waals surface area contributed by atoms with Crippen LogP contribution in [0.1, 0.15) is 51.9 Å². The lowest BCUT2D eigenvalue weighted by molar-refractivity contribution is -0.156. The van der Waals surface area contributed by atoms with E-state index in [1.54, 1.807) is 29.4 Å². The van der Waals surface area contributed by atoms with E-state index in [2.05, 4.69) is 15.3 Å². The number of aromatic nitrogens is 2. The Bertz CT molecular complexity index is 927. The number of aliphatic hydroxyl groups is 1. The van der Waals surface area contributed by atoms with Crippen LogP contribution in [0.4, 0.5) is 0 Å². The predicted molar refractivity (Wildman–Crippen MR) is 124 cm³/mol. The summed E-state index contributed by atoms with van der Waals surface area (Å²) in [6, 6.07) is 6.62. The maximum Gasteiger partial charge on any atom is 0.245 e. The normalized spacial score (nSPS) is 21.4. The van der Waals surface area contributed by atoms with Gasteiger partial charge in [-0.3, -0.25) is 9.59 Å². The number of imidazole rings is 1. The first-order valence-electron chi connectivity index (χ1n) is 11.1. The number of H-pyrrole nitrogens is 1. The summed E-state index contributed by atoms with van der Waals surface area (Å²) in [6.07, 6.45) is 4.52. The molecule has 2 heterocycles. The summed E-state index contributed by atoms with van der Waals surface area (Å²) < 4.78 is 0. The second kappa shape index (κ2) is 9.63. The highest BCUT2D eigenvalue weighted by Gasteiger charge is 2.50. The number of carbonyl (C=O) groups is 2. The van der Waals surface area contributed by atoms with Gasteiger partial charge in [-0.05, 0) is 30.0 Å². The lowest BCUT2D eigenvalue weighted by atomic mass is 9.66. The van der Waals surface area contributed by atoms with Gasteiger partial charge in [0, 0.05) is 48.8 Å². The first-order valence-corrected chi connectivity index (χ1v) is 11.5. The van der Waals surface area contributed by atoms with Gasteiger partial charge in [-0.25, -0.2) is 4.98 Å². The van der Waals surface area contributed by atoms with E-state index in [0.717, 1.165) is 11.4 Å². The molecule has 0 bridgehead atoms. The summed E-state index contributed by atoms with van der Waals surface area (Å²) in [7, 11) is 0. The summed E-state index contributed by atoms with van der Waals surface area (Å²) in [6.45, 7) is 8.58. The fourth-order valence-corrected chi connectivity index (χ4v) is 4.52. The molecule has 3 N–H and O–H groups in total. The highest BCUT2D eigenvalue weighted by molar-refractivity contribution is 6.30. The van der Waals surface area contributed by atoms with Gasteiger partial charge in [0.25, 0.3) is 0 Å². The molecule has 1 aliphatic heterocycles. The molecule has 0 radical (unpaired) electrons. The number of halogens is 1. The van der Waals surface area contributed by atoms with E-state index < -0.39 is 17.1 Å². The molecule has 174 valence electrons. The van der Waals surface area contributed by atoms with Crippen molar-refractivity contribution in [1.29, 1.82) is 0 Å². The van der Waals surface area contributed by atoms with Crippen molar-refractivity contribution in [1.82, 2.24) is 20.2 Å². The average molecular weight is 461 g/mol. The van der Waals surface area contributed by atoms with Crippen LogP contribution in [0.5, 0.6) is 0 Å². The number of aromatic amines is 1. The number of hydrogen-bond donors (Lipinski definition) is 3. The minimum absolute atomic E-state index is 0.0600. The van der Waals surface area contributed by atoms with Gasteiger partial charge in [-0.2, -0.15) is 0 Å². The summed E-state index contributed by atoms with van der Waals surface area (Å²) >= 11 is 6.01. The largest absolute Gasteiger partial charge is 0.384 e. The molecule has 0 unspecified atom stereocenters. The molecule has 1 aromatic heterocycles. The number of piperidine rings is 1. The van der Waals surface area contributed by atoms with Gasteiger partial charge in [0.2, 0.25) is 11.8 Å². The van der Waals surface area contributed by atoms with E-state index >= 15 is 0 Å². The van der Waals surface area contributed by atoms with Gasteiger partial charge in [-0.15, -0.1) is 0 Å². The van der Waals surface area contributed by atoms with Crippen molar-refractivity contribution in [2.75, 3.05) is 13.1 Å². The molecule has 0 spiro atoms. The van der Waals surface area contributed by atoms with Crippen LogP contribution in [0.3, 0.4) is 0 Å². The van der Waals surface area contributed by atoms with Gasteiger partial charge >= 0.3 is 0 Å². The maximum absolute atomic E-state index is 13.4. The van der Waals surface area contributed by atoms with Crippen molar-refractivity contribution < 1.29 is 14.7 Å². The Morgan fingerprint density at radius 3 is 2.53 bits per heavy atom. The molecule has 1 fully saturated rings. The monoisotopic (exact) mass is 460 g/mol. The van der Waals surface area contributed by atoms with Crippen LogP contribution in [-0.2, 0) is 21.6 Å². The fraction of sp³-hybridized carbons (Fsp3) is 0.542. The minimum Gasteiger partial charge on any atom is -0.384 e. The highest BCUT2D eigenvalue weighted by Crippen LogP contribution is 2.46. The van der Waals surface area contributed by atoms with Gasteiger partial charge in [-0.1, -0.05) is 51.4 Å². The van der Waals surface area contributed by atoms with Crippen LogP contribution in [-0.4, -0.2) is 50.9 Å². The molecule has 2 amide bonds. The number of nitrogens with one attached hydrogen (secondary N) is 2. The van der Waals surface area contributed by atoms with Crippen LogP contribution in [0.2, 0.25) is 5.02 Å². The van der Waals surface area contributed by atoms with Crippen molar-refractivity contribution >= 4 is 23.4 Å². The molecule has 0 saturated carbocycles. The Labute approximate surface area is 194 Å². The van der Waals surface area contributed by atoms with Crippen LogP contribution >= 0.6 is 11.6 Å². The zero-order valence-corrected chi connectivity index (χ0v) is 19.9. The molecule has 1 saturated heterocycles. The first kappa shape index (κ1) is 24.3. The number of aryl methyl sites for hydroxylation is 1. The SMILES string of the molecule is CC(C)[C@@H](NC(=O)CCc1ncc[nH]1)C(=O)N1CC[C@](O)(c2ccc(Cl)cc2)C(C)(C)C1. The molecular weight excluding hydrogens is 428 g/mol. The topological polar surface area (TPSA) is 98.3 Å². The number of rotatable bonds is 7. The molecule has 3 rings (SSSR count). The standard InChI is InChI=1S/C24H33ClN4O3/c1-16(2)21(28-20(30)10-9-19-26-12-13-27-19)22(31)29-14-11-24(32,23(3,4)15-29)17-5-7-18(25)8-6-17/h5-8,12-13,16,21,32H,9-11,14-15H2,1-4H3,(H,26,27)(H,28,30)/t21-,24+/m1/s1. The van der Waals surface area contributed by atoms with Gasteiger partial charge < -0.3 is 20.3 Å². The number of likely N-dealkylation sites (tertiary alicyclic amines) is 1. The fourth-order valence-electron chi connectivity index (χ4n) is 4.39. The van der Waals surface area contributed by atoms with Crippen molar-refractivity contribution in [3.05, 3.63) is 53.1 Å². The number of benzene rings is 1. The lowest BCUT2D eigenvalue weighted by Gasteiger charge is -2.51. The Balaban J connectivity index is 1.67. The van der Waals surface area contributed by atoms with E-state index in [4.69, 9.17) is 11.6 Å². The van der Waals surface area contributed by atoms with Gasteiger partial charge in [0.15, 0.2) is 0 Å². The molecule has 2 atom stereocenters. The Morgan fingerprint density at radius 2 is 1.97 bits per heavy atom. The summed E-state index contributed by atoms with van der Waals surface area (Å²) in [5, 5.41) is 15.1. The number of carbonyl (C=O) groups excluding carboxylic acids is 2. The Kier molecular flexibility index (Phi) is 7.30. The zero-order chi connectivity index (χ0) is 23.5. The van der Waals surface area contributed by atoms with Crippen LogP contribution in [0, 0.1) is 11.3 Å². The van der Waals surface area contributed by atoms with Crippen LogP contribution in [0.15, 0.2) is 36.7 Å². The summed E-state index contributed by atoms with van der Waals surface area (Å²) in [5.74, 6) is 0.391. The Morgan fingerprint density at radius 1 is 1.28 bits per heavy atom. The molecule has 1 aromatic carbocycles. The van der Waals surface area contributed by atoms with E-state index in [1.165, 1.54) is 0 Å². The van der Waals surface area contributed by atoms with Crippen molar-refractivity contribution in [3.8, 4) is 0 Å². The molecule has 7 nitrogen and oxygen atoms in total. The second-order valence-corrected chi connectivity index (χ2v) is 10.0. The summed E-state index contributed by atoms with van der Waals surface area (Å²) in [4.78, 5) is 34.8.